The lowest BCUT2D eigenvalue weighted by Gasteiger charge is -2.13. The molecule has 1 fully saturated rings. The van der Waals surface area contributed by atoms with Crippen molar-refractivity contribution in [3.05, 3.63) is 20.8 Å². The lowest BCUT2D eigenvalue weighted by Crippen LogP contribution is -2.25. The van der Waals surface area contributed by atoms with Crippen LogP contribution in [0.1, 0.15) is 30.2 Å². The molecule has 2 aromatic rings. The van der Waals surface area contributed by atoms with E-state index >= 15 is 0 Å². The first-order valence-corrected chi connectivity index (χ1v) is 10.1. The molecule has 3 heterocycles. The third-order valence-corrected chi connectivity index (χ3v) is 6.60. The van der Waals surface area contributed by atoms with E-state index < -0.39 is 0 Å². The van der Waals surface area contributed by atoms with Crippen molar-refractivity contribution < 1.29 is 14.3 Å². The summed E-state index contributed by atoms with van der Waals surface area (Å²) in [5.74, 6) is -0.223. The van der Waals surface area contributed by atoms with E-state index in [1.807, 2.05) is 20.8 Å². The van der Waals surface area contributed by atoms with Crippen molar-refractivity contribution in [2.24, 2.45) is 0 Å². The summed E-state index contributed by atoms with van der Waals surface area (Å²) in [6.45, 7) is 8.13. The largest absolute Gasteiger partial charge is 0.465 e. The average molecular weight is 383 g/mol. The summed E-state index contributed by atoms with van der Waals surface area (Å²) < 4.78 is 12.1. The van der Waals surface area contributed by atoms with Gasteiger partial charge in [-0.05, 0) is 32.8 Å². The summed E-state index contributed by atoms with van der Waals surface area (Å²) in [7, 11) is 0. The molecule has 0 unspecified atom stereocenters. The fourth-order valence-electron chi connectivity index (χ4n) is 2.78. The molecule has 1 aliphatic heterocycles. The molecule has 0 aliphatic carbocycles. The number of carbonyl (C=O) groups is 1. The minimum absolute atomic E-state index is 0.0304. The molecular formula is C17H22N2O4S2. The van der Waals surface area contributed by atoms with Gasteiger partial charge in [0.1, 0.15) is 10.1 Å². The van der Waals surface area contributed by atoms with E-state index in [4.69, 9.17) is 14.5 Å². The van der Waals surface area contributed by atoms with Gasteiger partial charge in [0, 0.05) is 31.1 Å². The van der Waals surface area contributed by atoms with Crippen LogP contribution in [-0.2, 0) is 20.8 Å². The van der Waals surface area contributed by atoms with E-state index in [9.17, 15) is 9.59 Å². The standard InChI is InChI=1S/C17H22N2O4S2/c1-4-22-8-5-7-19-15(20)13-10(2)11(3)24-14(13)18-17(19)25-12-6-9-23-16(12)21/h12H,4-9H2,1-3H3/t12-/m0/s1. The van der Waals surface area contributed by atoms with Gasteiger partial charge in [-0.25, -0.2) is 4.98 Å². The second kappa shape index (κ2) is 7.88. The number of ether oxygens (including phenoxy) is 2. The number of carbonyl (C=O) groups excluding carboxylic acids is 1. The molecule has 6 nitrogen and oxygen atoms in total. The van der Waals surface area contributed by atoms with E-state index in [0.717, 1.165) is 21.7 Å². The molecule has 1 aliphatic rings. The van der Waals surface area contributed by atoms with E-state index in [0.29, 0.717) is 43.3 Å². The highest BCUT2D eigenvalue weighted by atomic mass is 32.2. The average Bonchev–Trinajstić information content (AvgIpc) is 3.10. The van der Waals surface area contributed by atoms with Gasteiger partial charge < -0.3 is 9.47 Å². The summed E-state index contributed by atoms with van der Waals surface area (Å²) in [4.78, 5) is 31.4. The Bertz CT molecular complexity index is 843. The molecule has 0 aromatic carbocycles. The maximum Gasteiger partial charge on any atom is 0.319 e. The first-order chi connectivity index (χ1) is 12.0. The van der Waals surface area contributed by atoms with Crippen molar-refractivity contribution in [2.45, 2.75) is 50.6 Å². The molecular weight excluding hydrogens is 360 g/mol. The minimum atomic E-state index is -0.287. The van der Waals surface area contributed by atoms with Gasteiger partial charge in [0.2, 0.25) is 0 Å². The molecule has 0 saturated carbocycles. The molecule has 25 heavy (non-hydrogen) atoms. The summed E-state index contributed by atoms with van der Waals surface area (Å²) in [5.41, 5.74) is 0.963. The number of hydrogen-bond donors (Lipinski definition) is 0. The molecule has 0 N–H and O–H groups in total. The van der Waals surface area contributed by atoms with Crippen LogP contribution in [-0.4, -0.2) is 40.6 Å². The highest BCUT2D eigenvalue weighted by Crippen LogP contribution is 2.32. The van der Waals surface area contributed by atoms with E-state index in [1.54, 1.807) is 4.57 Å². The molecule has 3 rings (SSSR count). The van der Waals surface area contributed by atoms with Gasteiger partial charge in [-0.15, -0.1) is 11.3 Å². The van der Waals surface area contributed by atoms with Crippen LogP contribution in [0.4, 0.5) is 0 Å². The third-order valence-electron chi connectivity index (χ3n) is 4.26. The lowest BCUT2D eigenvalue weighted by atomic mass is 10.2. The Hall–Kier alpha value is -1.38. The first kappa shape index (κ1) is 18.4. The number of cyclic esters (lactones) is 1. The molecule has 2 aromatic heterocycles. The van der Waals surface area contributed by atoms with Crippen LogP contribution >= 0.6 is 23.1 Å². The maximum absolute atomic E-state index is 13.1. The number of thiophene rings is 1. The van der Waals surface area contributed by atoms with Crippen LogP contribution in [0.25, 0.3) is 10.2 Å². The number of aromatic nitrogens is 2. The topological polar surface area (TPSA) is 70.4 Å². The summed E-state index contributed by atoms with van der Waals surface area (Å²) in [6, 6.07) is 0. The Morgan fingerprint density at radius 3 is 2.88 bits per heavy atom. The lowest BCUT2D eigenvalue weighted by molar-refractivity contribution is -0.137. The normalized spacial score (nSPS) is 17.4. The fraction of sp³-hybridized carbons (Fsp3) is 0.588. The first-order valence-electron chi connectivity index (χ1n) is 8.44. The van der Waals surface area contributed by atoms with Crippen LogP contribution in [0.15, 0.2) is 9.95 Å². The number of rotatable bonds is 7. The minimum Gasteiger partial charge on any atom is -0.465 e. The summed E-state index contributed by atoms with van der Waals surface area (Å²) in [5, 5.41) is 1.00. The smallest absolute Gasteiger partial charge is 0.319 e. The van der Waals surface area contributed by atoms with Crippen molar-refractivity contribution in [2.75, 3.05) is 19.8 Å². The van der Waals surface area contributed by atoms with E-state index in [-0.39, 0.29) is 16.8 Å². The van der Waals surface area contributed by atoms with Gasteiger partial charge in [0.15, 0.2) is 5.16 Å². The third kappa shape index (κ3) is 3.75. The van der Waals surface area contributed by atoms with Crippen LogP contribution in [0.5, 0.6) is 0 Å². The van der Waals surface area contributed by atoms with Gasteiger partial charge in [-0.3, -0.25) is 14.2 Å². The predicted octanol–water partition coefficient (Wildman–Crippen LogP) is 2.91. The molecule has 1 atom stereocenters. The fourth-order valence-corrected chi connectivity index (χ4v) is 4.93. The Morgan fingerprint density at radius 1 is 1.40 bits per heavy atom. The van der Waals surface area contributed by atoms with Crippen molar-refractivity contribution in [1.29, 1.82) is 0 Å². The van der Waals surface area contributed by atoms with E-state index in [1.165, 1.54) is 23.1 Å². The number of esters is 1. The Kier molecular flexibility index (Phi) is 5.81. The predicted molar refractivity (Wildman–Crippen MR) is 99.7 cm³/mol. The van der Waals surface area contributed by atoms with Gasteiger partial charge in [-0.1, -0.05) is 11.8 Å². The van der Waals surface area contributed by atoms with Gasteiger partial charge in [0.25, 0.3) is 5.56 Å². The number of nitrogens with zero attached hydrogens (tertiary/aromatic N) is 2. The SMILES string of the molecule is CCOCCCn1c(S[C@H]2CCOC2=O)nc2sc(C)c(C)c2c1=O. The Balaban J connectivity index is 1.99. The molecule has 0 spiro atoms. The van der Waals surface area contributed by atoms with Crippen LogP contribution in [0, 0.1) is 13.8 Å². The Labute approximate surface area is 154 Å². The second-order valence-electron chi connectivity index (χ2n) is 5.93. The highest BCUT2D eigenvalue weighted by molar-refractivity contribution is 8.00. The summed E-state index contributed by atoms with van der Waals surface area (Å²) in [6.07, 6.45) is 1.38. The molecule has 0 amide bonds. The zero-order valence-corrected chi connectivity index (χ0v) is 16.3. The van der Waals surface area contributed by atoms with Crippen LogP contribution in [0.3, 0.4) is 0 Å². The number of aryl methyl sites for hydroxylation is 2. The summed E-state index contributed by atoms with van der Waals surface area (Å²) >= 11 is 2.86. The van der Waals surface area contributed by atoms with Crippen molar-refractivity contribution in [1.82, 2.24) is 9.55 Å². The van der Waals surface area contributed by atoms with Crippen molar-refractivity contribution >= 4 is 39.3 Å². The Morgan fingerprint density at radius 2 is 2.20 bits per heavy atom. The van der Waals surface area contributed by atoms with Gasteiger partial charge >= 0.3 is 5.97 Å². The molecule has 1 saturated heterocycles. The number of fused-ring (bicyclic) bond motifs is 1. The second-order valence-corrected chi connectivity index (χ2v) is 8.30. The molecule has 8 heteroatoms. The zero-order valence-electron chi connectivity index (χ0n) is 14.7. The quantitative estimate of drug-likeness (QED) is 0.417. The van der Waals surface area contributed by atoms with Crippen molar-refractivity contribution in [3.63, 3.8) is 0 Å². The van der Waals surface area contributed by atoms with Crippen molar-refractivity contribution in [3.8, 4) is 0 Å². The van der Waals surface area contributed by atoms with Gasteiger partial charge in [0.05, 0.1) is 12.0 Å². The molecule has 136 valence electrons. The monoisotopic (exact) mass is 382 g/mol. The van der Waals surface area contributed by atoms with Crippen LogP contribution < -0.4 is 5.56 Å². The maximum atomic E-state index is 13.1. The van der Waals surface area contributed by atoms with Crippen LogP contribution in [0.2, 0.25) is 0 Å². The number of thioether (sulfide) groups is 1. The molecule has 0 bridgehead atoms. The highest BCUT2D eigenvalue weighted by Gasteiger charge is 2.30. The van der Waals surface area contributed by atoms with Gasteiger partial charge in [-0.2, -0.15) is 0 Å². The van der Waals surface area contributed by atoms with E-state index in [2.05, 4.69) is 0 Å². The molecule has 0 radical (unpaired) electrons. The number of hydrogen-bond acceptors (Lipinski definition) is 7. The zero-order chi connectivity index (χ0) is 18.0.